The summed E-state index contributed by atoms with van der Waals surface area (Å²) in [6, 6.07) is 3.75. The van der Waals surface area contributed by atoms with E-state index in [0.29, 0.717) is 42.9 Å². The molecule has 6 atom stereocenters. The van der Waals surface area contributed by atoms with Crippen LogP contribution in [0.5, 0.6) is 0 Å². The molecule has 0 spiro atoms. The molecule has 3 fully saturated rings. The number of aliphatic imine (C=N–C) groups is 1. The summed E-state index contributed by atoms with van der Waals surface area (Å²) in [4.78, 5) is 30.0. The number of amides is 1. The van der Waals surface area contributed by atoms with Gasteiger partial charge < -0.3 is 9.73 Å². The molecule has 156 valence electrons. The highest BCUT2D eigenvalue weighted by Crippen LogP contribution is 2.63. The fourth-order valence-corrected chi connectivity index (χ4v) is 7.35. The predicted octanol–water partition coefficient (Wildman–Crippen LogP) is 4.17. The van der Waals surface area contributed by atoms with Gasteiger partial charge in [0.2, 0.25) is 5.91 Å². The summed E-state index contributed by atoms with van der Waals surface area (Å²) in [5.41, 5.74) is 1.32. The van der Waals surface area contributed by atoms with Gasteiger partial charge in [-0.1, -0.05) is 13.8 Å². The molecule has 29 heavy (non-hydrogen) atoms. The van der Waals surface area contributed by atoms with E-state index in [1.54, 1.807) is 6.26 Å². The second-order valence-corrected chi connectivity index (χ2v) is 10.3. The van der Waals surface area contributed by atoms with E-state index in [-0.39, 0.29) is 22.7 Å². The molecule has 1 N–H and O–H groups in total. The first-order chi connectivity index (χ1) is 13.9. The predicted molar refractivity (Wildman–Crippen MR) is 110 cm³/mol. The Labute approximate surface area is 172 Å². The van der Waals surface area contributed by atoms with Gasteiger partial charge in [-0.2, -0.15) is 0 Å². The summed E-state index contributed by atoms with van der Waals surface area (Å²) >= 11 is 0. The minimum atomic E-state index is 0.0578. The fourth-order valence-electron chi connectivity index (χ4n) is 7.35. The van der Waals surface area contributed by atoms with Gasteiger partial charge in [0, 0.05) is 36.4 Å². The Kier molecular flexibility index (Phi) is 4.48. The first-order valence-corrected chi connectivity index (χ1v) is 11.3. The average molecular weight is 397 g/mol. The van der Waals surface area contributed by atoms with Crippen molar-refractivity contribution in [2.75, 3.05) is 6.54 Å². The van der Waals surface area contributed by atoms with E-state index in [1.807, 2.05) is 12.1 Å². The lowest BCUT2D eigenvalue weighted by molar-refractivity contribution is -0.132. The molecule has 5 rings (SSSR count). The van der Waals surface area contributed by atoms with Crippen molar-refractivity contribution in [1.82, 2.24) is 5.32 Å². The largest absolute Gasteiger partial charge is 0.467 e. The number of carbonyl (C=O) groups excluding carboxylic acids is 2. The summed E-state index contributed by atoms with van der Waals surface area (Å²) in [5.74, 6) is 3.14. The molecule has 0 radical (unpaired) electrons. The maximum Gasteiger partial charge on any atom is 0.224 e. The number of furan rings is 1. The molecular formula is C24H32N2O3. The SMILES string of the molecule is C[C@]12CC[C@H]3[C@@H](CN=C4CC(=O)CC[C@@]43C)[C@@H]1CC[C@@H]2C(=O)NCc1ccco1. The molecule has 3 saturated carbocycles. The number of nitrogens with zero attached hydrogens (tertiary/aromatic N) is 1. The standard InChI is InChI=1S/C24H32N2O3/c1-23-10-8-19-17(14-25-21-12-15(27)7-9-24(19,21)2)18(23)5-6-20(23)22(28)26-13-16-4-3-11-29-16/h3-4,11,17-20H,5-10,12-14H2,1-2H3,(H,26,28)/t17-,18-,19-,20+,23-,24+/m0/s1. The molecule has 0 bridgehead atoms. The first-order valence-electron chi connectivity index (χ1n) is 11.3. The summed E-state index contributed by atoms with van der Waals surface area (Å²) in [5, 5.41) is 3.12. The molecule has 5 heteroatoms. The molecule has 1 aromatic heterocycles. The van der Waals surface area contributed by atoms with E-state index in [2.05, 4.69) is 19.2 Å². The lowest BCUT2D eigenvalue weighted by Crippen LogP contribution is -2.55. The van der Waals surface area contributed by atoms with Crippen LogP contribution in [0.3, 0.4) is 0 Å². The van der Waals surface area contributed by atoms with Gasteiger partial charge in [0.1, 0.15) is 11.5 Å². The van der Waals surface area contributed by atoms with Gasteiger partial charge in [-0.15, -0.1) is 0 Å². The van der Waals surface area contributed by atoms with Crippen molar-refractivity contribution in [2.45, 2.75) is 65.3 Å². The topological polar surface area (TPSA) is 71.7 Å². The second-order valence-electron chi connectivity index (χ2n) is 10.3. The summed E-state index contributed by atoms with van der Waals surface area (Å²) in [6.45, 7) is 6.03. The van der Waals surface area contributed by atoms with Crippen LogP contribution in [0.4, 0.5) is 0 Å². The molecule has 3 aliphatic carbocycles. The van der Waals surface area contributed by atoms with Gasteiger partial charge in [0.15, 0.2) is 0 Å². The highest BCUT2D eigenvalue weighted by Gasteiger charge is 2.60. The second kappa shape index (κ2) is 6.82. The van der Waals surface area contributed by atoms with Crippen molar-refractivity contribution in [3.05, 3.63) is 24.2 Å². The molecular weight excluding hydrogens is 364 g/mol. The number of fused-ring (bicyclic) bond motifs is 5. The van der Waals surface area contributed by atoms with Gasteiger partial charge in [0.05, 0.1) is 12.8 Å². The highest BCUT2D eigenvalue weighted by molar-refractivity contribution is 6.07. The highest BCUT2D eigenvalue weighted by atomic mass is 16.3. The van der Waals surface area contributed by atoms with Crippen LogP contribution in [-0.4, -0.2) is 23.9 Å². The Hall–Kier alpha value is -1.91. The monoisotopic (exact) mass is 396 g/mol. The van der Waals surface area contributed by atoms with Crippen LogP contribution in [0.1, 0.15) is 64.6 Å². The maximum atomic E-state index is 13.1. The van der Waals surface area contributed by atoms with E-state index in [9.17, 15) is 9.59 Å². The molecule has 1 aromatic rings. The Morgan fingerprint density at radius 3 is 2.90 bits per heavy atom. The van der Waals surface area contributed by atoms with Crippen LogP contribution >= 0.6 is 0 Å². The summed E-state index contributed by atoms with van der Waals surface area (Å²) in [6.07, 6.45) is 8.24. The van der Waals surface area contributed by atoms with Crippen molar-refractivity contribution in [3.8, 4) is 0 Å². The van der Waals surface area contributed by atoms with Gasteiger partial charge in [0.25, 0.3) is 0 Å². The third-order valence-corrected chi connectivity index (χ3v) is 9.03. The van der Waals surface area contributed by atoms with Crippen LogP contribution in [0.25, 0.3) is 0 Å². The summed E-state index contributed by atoms with van der Waals surface area (Å²) < 4.78 is 5.36. The number of hydrogen-bond donors (Lipinski definition) is 1. The molecule has 0 saturated heterocycles. The molecule has 2 heterocycles. The third-order valence-electron chi connectivity index (χ3n) is 9.03. The maximum absolute atomic E-state index is 13.1. The average Bonchev–Trinajstić information content (AvgIpc) is 3.34. The van der Waals surface area contributed by atoms with Gasteiger partial charge in [-0.3, -0.25) is 14.6 Å². The molecule has 1 amide bonds. The number of carbonyl (C=O) groups is 2. The Balaban J connectivity index is 1.34. The van der Waals surface area contributed by atoms with Crippen molar-refractivity contribution in [2.24, 2.45) is 39.5 Å². The number of ketones is 1. The number of Topliss-reactive ketones (excluding diaryl/α,β-unsaturated/α-hetero) is 1. The van der Waals surface area contributed by atoms with Gasteiger partial charge in [-0.05, 0) is 67.4 Å². The van der Waals surface area contributed by atoms with Crippen molar-refractivity contribution < 1.29 is 14.0 Å². The number of hydrogen-bond acceptors (Lipinski definition) is 4. The minimum absolute atomic E-state index is 0.0578. The van der Waals surface area contributed by atoms with E-state index in [0.717, 1.165) is 44.4 Å². The smallest absolute Gasteiger partial charge is 0.224 e. The Morgan fingerprint density at radius 2 is 2.10 bits per heavy atom. The Bertz CT molecular complexity index is 844. The van der Waals surface area contributed by atoms with Crippen LogP contribution < -0.4 is 5.32 Å². The van der Waals surface area contributed by atoms with Crippen molar-refractivity contribution in [3.63, 3.8) is 0 Å². The zero-order chi connectivity index (χ0) is 20.2. The van der Waals surface area contributed by atoms with E-state index in [1.165, 1.54) is 5.71 Å². The normalized spacial score (nSPS) is 41.2. The Morgan fingerprint density at radius 1 is 1.24 bits per heavy atom. The lowest BCUT2D eigenvalue weighted by Gasteiger charge is -2.56. The van der Waals surface area contributed by atoms with Crippen molar-refractivity contribution in [1.29, 1.82) is 0 Å². The van der Waals surface area contributed by atoms with E-state index >= 15 is 0 Å². The third kappa shape index (κ3) is 2.91. The fraction of sp³-hybridized carbons (Fsp3) is 0.708. The van der Waals surface area contributed by atoms with Gasteiger partial charge >= 0.3 is 0 Å². The zero-order valence-electron chi connectivity index (χ0n) is 17.6. The van der Waals surface area contributed by atoms with Crippen LogP contribution in [0.15, 0.2) is 27.8 Å². The van der Waals surface area contributed by atoms with E-state index in [4.69, 9.17) is 9.41 Å². The molecule has 1 aliphatic heterocycles. The summed E-state index contributed by atoms with van der Waals surface area (Å²) in [7, 11) is 0. The van der Waals surface area contributed by atoms with Crippen LogP contribution in [0.2, 0.25) is 0 Å². The zero-order valence-corrected chi connectivity index (χ0v) is 17.6. The van der Waals surface area contributed by atoms with E-state index < -0.39 is 0 Å². The number of nitrogens with one attached hydrogen (secondary N) is 1. The molecule has 0 aromatic carbocycles. The quantitative estimate of drug-likeness (QED) is 0.833. The van der Waals surface area contributed by atoms with Gasteiger partial charge in [-0.25, -0.2) is 0 Å². The number of rotatable bonds is 3. The molecule has 4 aliphatic rings. The molecule has 0 unspecified atom stereocenters. The van der Waals surface area contributed by atoms with Crippen molar-refractivity contribution >= 4 is 17.4 Å². The molecule has 5 nitrogen and oxygen atoms in total. The lowest BCUT2D eigenvalue weighted by atomic mass is 9.49. The van der Waals surface area contributed by atoms with Crippen LogP contribution in [0, 0.1) is 34.5 Å². The minimum Gasteiger partial charge on any atom is -0.467 e. The first kappa shape index (κ1) is 19.1. The van der Waals surface area contributed by atoms with Crippen LogP contribution in [-0.2, 0) is 16.1 Å².